The predicted octanol–water partition coefficient (Wildman–Crippen LogP) is 5.20. The summed E-state index contributed by atoms with van der Waals surface area (Å²) < 4.78 is 11.5. The van der Waals surface area contributed by atoms with E-state index in [0.717, 1.165) is 38.5 Å². The van der Waals surface area contributed by atoms with Gasteiger partial charge in [0.2, 0.25) is 0 Å². The first-order valence-corrected chi connectivity index (χ1v) is 11.1. The fourth-order valence-electron chi connectivity index (χ4n) is 7.57. The van der Waals surface area contributed by atoms with Crippen molar-refractivity contribution >= 4 is 11.9 Å². The second-order valence-corrected chi connectivity index (χ2v) is 10.7. The van der Waals surface area contributed by atoms with Gasteiger partial charge in [-0.3, -0.25) is 9.59 Å². The summed E-state index contributed by atoms with van der Waals surface area (Å²) in [4.78, 5) is 23.2. The molecule has 0 radical (unpaired) electrons. The summed E-state index contributed by atoms with van der Waals surface area (Å²) in [5.41, 5.74) is 1.53. The van der Waals surface area contributed by atoms with E-state index in [-0.39, 0.29) is 34.5 Å². The number of fused-ring (bicyclic) bond motifs is 5. The highest BCUT2D eigenvalue weighted by atomic mass is 16.6. The molecule has 0 bridgehead atoms. The fraction of sp³-hybridized carbons (Fsp3) is 0.833. The van der Waals surface area contributed by atoms with Gasteiger partial charge in [0.05, 0.1) is 0 Å². The zero-order valence-electron chi connectivity index (χ0n) is 18.2. The summed E-state index contributed by atoms with van der Waals surface area (Å²) in [5.74, 6) is 1.72. The van der Waals surface area contributed by atoms with Crippen LogP contribution in [0.25, 0.3) is 0 Å². The van der Waals surface area contributed by atoms with Gasteiger partial charge in [-0.15, -0.1) is 0 Å². The normalized spacial score (nSPS) is 47.2. The second-order valence-electron chi connectivity index (χ2n) is 10.7. The van der Waals surface area contributed by atoms with E-state index in [0.29, 0.717) is 17.8 Å². The third-order valence-electron chi connectivity index (χ3n) is 8.97. The van der Waals surface area contributed by atoms with Crippen LogP contribution < -0.4 is 0 Å². The van der Waals surface area contributed by atoms with Crippen LogP contribution in [0.2, 0.25) is 0 Å². The van der Waals surface area contributed by atoms with Crippen LogP contribution in [0.5, 0.6) is 0 Å². The molecule has 7 atom stereocenters. The Bertz CT molecular complexity index is 711. The van der Waals surface area contributed by atoms with Gasteiger partial charge in [-0.1, -0.05) is 25.5 Å². The van der Waals surface area contributed by atoms with E-state index in [9.17, 15) is 9.59 Å². The number of allylic oxidation sites excluding steroid dienone is 1. The Morgan fingerprint density at radius 1 is 0.964 bits per heavy atom. The molecule has 0 aromatic carbocycles. The quantitative estimate of drug-likeness (QED) is 0.482. The summed E-state index contributed by atoms with van der Waals surface area (Å²) in [6.07, 6.45) is 11.2. The first-order valence-electron chi connectivity index (χ1n) is 11.1. The zero-order chi connectivity index (χ0) is 20.3. The lowest BCUT2D eigenvalue weighted by atomic mass is 9.47. The first-order chi connectivity index (χ1) is 13.1. The van der Waals surface area contributed by atoms with Gasteiger partial charge in [0, 0.05) is 25.7 Å². The maximum atomic E-state index is 11.6. The van der Waals surface area contributed by atoms with Gasteiger partial charge in [0.15, 0.2) is 0 Å². The maximum Gasteiger partial charge on any atom is 0.303 e. The minimum absolute atomic E-state index is 0.0905. The van der Waals surface area contributed by atoms with E-state index in [2.05, 4.69) is 26.8 Å². The van der Waals surface area contributed by atoms with Crippen molar-refractivity contribution in [1.29, 1.82) is 0 Å². The SMILES string of the molecule is CC(=O)O[C@@H]1CC[C@@H]2[C@H]3CC=C4C[C@@](C)(OC(C)=O)CC[C@]4(C)[C@@H]3CC[C@@]21C. The lowest BCUT2D eigenvalue weighted by Gasteiger charge is -2.58. The fourth-order valence-corrected chi connectivity index (χ4v) is 7.57. The van der Waals surface area contributed by atoms with Gasteiger partial charge < -0.3 is 9.47 Å². The van der Waals surface area contributed by atoms with E-state index in [1.54, 1.807) is 6.92 Å². The van der Waals surface area contributed by atoms with Crippen LogP contribution in [0.4, 0.5) is 0 Å². The third kappa shape index (κ3) is 3.02. The highest BCUT2D eigenvalue weighted by molar-refractivity contribution is 5.66. The molecule has 0 aliphatic heterocycles. The standard InChI is InChI=1S/C24H36O4/c1-15(25)27-21-9-8-19-18-7-6-17-14-22(3,28-16(2)26)12-13-23(17,4)20(18)10-11-24(19,21)5/h6,18-21H,7-14H2,1-5H3/t18-,19-,20-,21-,22+,23+,24+/m1/s1. The Balaban J connectivity index is 1.58. The summed E-state index contributed by atoms with van der Waals surface area (Å²) in [5, 5.41) is 0. The summed E-state index contributed by atoms with van der Waals surface area (Å²) in [6, 6.07) is 0. The van der Waals surface area contributed by atoms with Crippen LogP contribution in [-0.4, -0.2) is 23.6 Å². The molecule has 0 N–H and O–H groups in total. The highest BCUT2D eigenvalue weighted by Crippen LogP contribution is 2.66. The van der Waals surface area contributed by atoms with Gasteiger partial charge in [-0.05, 0) is 75.0 Å². The molecular weight excluding hydrogens is 352 g/mol. The average molecular weight is 389 g/mol. The van der Waals surface area contributed by atoms with E-state index in [4.69, 9.17) is 9.47 Å². The minimum Gasteiger partial charge on any atom is -0.462 e. The summed E-state index contributed by atoms with van der Waals surface area (Å²) in [7, 11) is 0. The topological polar surface area (TPSA) is 52.6 Å². The highest BCUT2D eigenvalue weighted by Gasteiger charge is 2.60. The van der Waals surface area contributed by atoms with Crippen LogP contribution in [0.15, 0.2) is 11.6 Å². The first kappa shape index (κ1) is 20.0. The molecule has 0 unspecified atom stereocenters. The molecule has 4 heteroatoms. The third-order valence-corrected chi connectivity index (χ3v) is 8.97. The molecule has 0 heterocycles. The Kier molecular flexibility index (Phi) is 4.71. The van der Waals surface area contributed by atoms with Gasteiger partial charge >= 0.3 is 11.9 Å². The average Bonchev–Trinajstić information content (AvgIpc) is 2.91. The van der Waals surface area contributed by atoms with Crippen molar-refractivity contribution in [1.82, 2.24) is 0 Å². The van der Waals surface area contributed by atoms with Gasteiger partial charge in [-0.25, -0.2) is 0 Å². The number of hydrogen-bond acceptors (Lipinski definition) is 4. The number of ether oxygens (including phenoxy) is 2. The Labute approximate surface area is 169 Å². The number of hydrogen-bond donors (Lipinski definition) is 0. The second kappa shape index (κ2) is 6.60. The van der Waals surface area contributed by atoms with Crippen molar-refractivity contribution in [2.45, 2.75) is 97.7 Å². The van der Waals surface area contributed by atoms with Gasteiger partial charge in [0.25, 0.3) is 0 Å². The molecule has 0 aromatic heterocycles. The Morgan fingerprint density at radius 3 is 2.39 bits per heavy atom. The number of carbonyl (C=O) groups is 2. The van der Waals surface area contributed by atoms with E-state index < -0.39 is 0 Å². The molecule has 0 spiro atoms. The van der Waals surface area contributed by atoms with Crippen LogP contribution in [0.3, 0.4) is 0 Å². The number of rotatable bonds is 2. The van der Waals surface area contributed by atoms with Crippen molar-refractivity contribution in [2.24, 2.45) is 28.6 Å². The van der Waals surface area contributed by atoms with Crippen molar-refractivity contribution in [2.75, 3.05) is 0 Å². The van der Waals surface area contributed by atoms with E-state index in [1.165, 1.54) is 25.3 Å². The number of esters is 2. The minimum atomic E-state index is -0.346. The van der Waals surface area contributed by atoms with Crippen LogP contribution in [-0.2, 0) is 19.1 Å². The Morgan fingerprint density at radius 2 is 1.71 bits per heavy atom. The van der Waals surface area contributed by atoms with Gasteiger partial charge in [-0.2, -0.15) is 0 Å². The van der Waals surface area contributed by atoms with Crippen molar-refractivity contribution < 1.29 is 19.1 Å². The Hall–Kier alpha value is -1.32. The van der Waals surface area contributed by atoms with Crippen molar-refractivity contribution in [3.05, 3.63) is 11.6 Å². The van der Waals surface area contributed by atoms with Gasteiger partial charge in [0.1, 0.15) is 11.7 Å². The number of carbonyl (C=O) groups excluding carboxylic acids is 2. The molecule has 28 heavy (non-hydrogen) atoms. The summed E-state index contributed by atoms with van der Waals surface area (Å²) in [6.45, 7) is 9.99. The van der Waals surface area contributed by atoms with Crippen LogP contribution in [0.1, 0.15) is 86.0 Å². The molecule has 0 amide bonds. The van der Waals surface area contributed by atoms with E-state index >= 15 is 0 Å². The smallest absolute Gasteiger partial charge is 0.303 e. The molecule has 4 rings (SSSR count). The predicted molar refractivity (Wildman–Crippen MR) is 107 cm³/mol. The molecule has 0 saturated heterocycles. The van der Waals surface area contributed by atoms with Crippen LogP contribution in [0, 0.1) is 28.6 Å². The molecule has 156 valence electrons. The monoisotopic (exact) mass is 388 g/mol. The van der Waals surface area contributed by atoms with Crippen molar-refractivity contribution in [3.63, 3.8) is 0 Å². The molecular formula is C24H36O4. The molecule has 3 saturated carbocycles. The van der Waals surface area contributed by atoms with Crippen LogP contribution >= 0.6 is 0 Å². The summed E-state index contributed by atoms with van der Waals surface area (Å²) >= 11 is 0. The van der Waals surface area contributed by atoms with E-state index in [1.807, 2.05) is 0 Å². The molecule has 0 aromatic rings. The lowest BCUT2D eigenvalue weighted by Crippen LogP contribution is -2.53. The maximum absolute atomic E-state index is 11.6. The molecule has 4 aliphatic rings. The molecule has 4 nitrogen and oxygen atoms in total. The van der Waals surface area contributed by atoms with Crippen molar-refractivity contribution in [3.8, 4) is 0 Å². The zero-order valence-corrected chi connectivity index (χ0v) is 18.2. The molecule has 3 fully saturated rings. The lowest BCUT2D eigenvalue weighted by molar-refractivity contribution is -0.161. The molecule has 4 aliphatic carbocycles. The largest absolute Gasteiger partial charge is 0.462 e.